The van der Waals surface area contributed by atoms with Crippen molar-refractivity contribution in [3.63, 3.8) is 0 Å². The number of methoxy groups -OCH3 is 1. The molecule has 0 spiro atoms. The van der Waals surface area contributed by atoms with Crippen LogP contribution in [-0.2, 0) is 22.4 Å². The molecule has 2 aromatic heterocycles. The fourth-order valence-corrected chi connectivity index (χ4v) is 4.83. The highest BCUT2D eigenvalue weighted by atomic mass is 32.1. The minimum atomic E-state index is -0.283. The Balaban J connectivity index is 1.83. The van der Waals surface area contributed by atoms with E-state index in [1.165, 1.54) is 49.0 Å². The third kappa shape index (κ3) is 5.76. The highest BCUT2D eigenvalue weighted by Gasteiger charge is 2.20. The van der Waals surface area contributed by atoms with Crippen LogP contribution in [0.4, 0.5) is 0 Å². The number of hydrogen-bond donors (Lipinski definition) is 0. The number of benzene rings is 1. The fraction of sp³-hybridized carbons (Fsp3) is 0.480. The first-order valence-corrected chi connectivity index (χ1v) is 12.2. The van der Waals surface area contributed by atoms with E-state index < -0.39 is 0 Å². The van der Waals surface area contributed by atoms with Gasteiger partial charge in [-0.1, -0.05) is 45.1 Å². The predicted octanol–water partition coefficient (Wildman–Crippen LogP) is 5.89. The number of hydrogen-bond acceptors (Lipinski definition) is 6. The Morgan fingerprint density at radius 2 is 1.94 bits per heavy atom. The summed E-state index contributed by atoms with van der Waals surface area (Å²) < 4.78 is 12.4. The van der Waals surface area contributed by atoms with Gasteiger partial charge in [-0.3, -0.25) is 14.0 Å². The average molecular weight is 457 g/mol. The van der Waals surface area contributed by atoms with Crippen LogP contribution in [0.15, 0.2) is 24.4 Å². The topological polar surface area (TPSA) is 69.9 Å². The average Bonchev–Trinajstić information content (AvgIpc) is 3.32. The summed E-state index contributed by atoms with van der Waals surface area (Å²) in [6, 6.07) is 6.13. The number of thiazole rings is 1. The molecule has 0 aliphatic rings. The van der Waals surface area contributed by atoms with Crippen LogP contribution in [0.2, 0.25) is 0 Å². The number of rotatable bonds is 13. The van der Waals surface area contributed by atoms with Gasteiger partial charge in [-0.15, -0.1) is 11.3 Å². The van der Waals surface area contributed by atoms with Gasteiger partial charge in [-0.2, -0.15) is 0 Å². The van der Waals surface area contributed by atoms with Crippen LogP contribution in [0.3, 0.4) is 0 Å². The van der Waals surface area contributed by atoms with Gasteiger partial charge in [0.15, 0.2) is 11.2 Å². The third-order valence-corrected chi connectivity index (χ3v) is 6.47. The summed E-state index contributed by atoms with van der Waals surface area (Å²) in [5.74, 6) is 0.409. The highest BCUT2D eigenvalue weighted by molar-refractivity contribution is 7.17. The lowest BCUT2D eigenvalue weighted by Crippen LogP contribution is -2.06. The minimum absolute atomic E-state index is 0.173. The molecule has 0 atom stereocenters. The molecule has 0 bridgehead atoms. The van der Waals surface area contributed by atoms with E-state index in [1.54, 1.807) is 24.6 Å². The minimum Gasteiger partial charge on any atom is -0.496 e. The first-order valence-electron chi connectivity index (χ1n) is 11.4. The maximum absolute atomic E-state index is 12.0. The summed E-state index contributed by atoms with van der Waals surface area (Å²) in [6.07, 6.45) is 11.3. The highest BCUT2D eigenvalue weighted by Crippen LogP contribution is 2.35. The quantitative estimate of drug-likeness (QED) is 0.182. The number of carbonyl (C=O) groups excluding carboxylic acids is 2. The van der Waals surface area contributed by atoms with E-state index in [0.717, 1.165) is 29.6 Å². The lowest BCUT2D eigenvalue weighted by Gasteiger charge is -2.10. The molecular weight excluding hydrogens is 424 g/mol. The maximum atomic E-state index is 12.0. The van der Waals surface area contributed by atoms with Gasteiger partial charge in [0.05, 0.1) is 20.1 Å². The number of carbonyl (C=O) groups is 2. The second kappa shape index (κ2) is 11.8. The summed E-state index contributed by atoms with van der Waals surface area (Å²) in [6.45, 7) is 4.36. The van der Waals surface area contributed by atoms with Crippen molar-refractivity contribution in [2.45, 2.75) is 65.2 Å². The molecule has 1 aromatic carbocycles. The molecule has 0 fully saturated rings. The number of imidazole rings is 1. The van der Waals surface area contributed by atoms with Crippen molar-refractivity contribution in [1.82, 2.24) is 9.38 Å². The van der Waals surface area contributed by atoms with Crippen LogP contribution in [0, 0.1) is 0 Å². The van der Waals surface area contributed by atoms with Crippen molar-refractivity contribution < 1.29 is 19.1 Å². The normalized spacial score (nSPS) is 11.1. The lowest BCUT2D eigenvalue weighted by atomic mass is 10.0. The predicted molar refractivity (Wildman–Crippen MR) is 128 cm³/mol. The molecular formula is C25H32N2O4S. The molecule has 7 heteroatoms. The molecule has 172 valence electrons. The first-order chi connectivity index (χ1) is 15.6. The van der Waals surface area contributed by atoms with E-state index in [0.29, 0.717) is 28.7 Å². The molecule has 0 aliphatic carbocycles. The Bertz CT molecular complexity index is 1050. The number of aryl methyl sites for hydroxylation is 1. The maximum Gasteiger partial charge on any atom is 0.311 e. The Hall–Kier alpha value is -2.67. The standard InChI is InChI=1S/C25H32N2O4S/c1-4-6-7-8-9-10-11-18-12-13-22(30-3)20(14-18)24-21(17-28)27-16-19(32-25(27)26-24)15-23(29)31-5-2/h12-14,16-17H,4-11,15H2,1-3H3. The molecule has 3 rings (SSSR count). The third-order valence-electron chi connectivity index (χ3n) is 5.48. The van der Waals surface area contributed by atoms with Gasteiger partial charge >= 0.3 is 5.97 Å². The van der Waals surface area contributed by atoms with E-state index in [9.17, 15) is 9.59 Å². The van der Waals surface area contributed by atoms with Crippen molar-refractivity contribution in [2.75, 3.05) is 13.7 Å². The van der Waals surface area contributed by atoms with Crippen molar-refractivity contribution in [1.29, 1.82) is 0 Å². The van der Waals surface area contributed by atoms with Crippen LogP contribution in [0.25, 0.3) is 16.2 Å². The number of aromatic nitrogens is 2. The second-order valence-electron chi connectivity index (χ2n) is 7.85. The van der Waals surface area contributed by atoms with Gasteiger partial charge < -0.3 is 9.47 Å². The molecule has 0 saturated heterocycles. The van der Waals surface area contributed by atoms with E-state index in [-0.39, 0.29) is 12.4 Å². The van der Waals surface area contributed by atoms with Crippen molar-refractivity contribution in [3.8, 4) is 17.0 Å². The second-order valence-corrected chi connectivity index (χ2v) is 8.94. The van der Waals surface area contributed by atoms with Gasteiger partial charge in [0, 0.05) is 16.6 Å². The van der Waals surface area contributed by atoms with Crippen LogP contribution in [-0.4, -0.2) is 35.4 Å². The van der Waals surface area contributed by atoms with Crippen LogP contribution in [0.5, 0.6) is 5.75 Å². The summed E-state index contributed by atoms with van der Waals surface area (Å²) >= 11 is 1.39. The number of ether oxygens (including phenoxy) is 2. The molecule has 3 aromatic rings. The summed E-state index contributed by atoms with van der Waals surface area (Å²) in [7, 11) is 1.63. The van der Waals surface area contributed by atoms with E-state index in [1.807, 2.05) is 6.07 Å². The molecule has 2 heterocycles. The molecule has 0 aliphatic heterocycles. The molecule has 0 unspecified atom stereocenters. The Morgan fingerprint density at radius 3 is 2.66 bits per heavy atom. The first kappa shape index (κ1) is 24.0. The van der Waals surface area contributed by atoms with Crippen LogP contribution < -0.4 is 4.74 Å². The Labute approximate surface area is 193 Å². The smallest absolute Gasteiger partial charge is 0.311 e. The summed E-state index contributed by atoms with van der Waals surface area (Å²) in [4.78, 5) is 30.0. The number of esters is 1. The zero-order valence-electron chi connectivity index (χ0n) is 19.2. The summed E-state index contributed by atoms with van der Waals surface area (Å²) in [5, 5.41) is 0. The van der Waals surface area contributed by atoms with E-state index >= 15 is 0 Å². The van der Waals surface area contributed by atoms with E-state index in [2.05, 4.69) is 19.1 Å². The van der Waals surface area contributed by atoms with Gasteiger partial charge in [-0.05, 0) is 37.5 Å². The molecule has 0 amide bonds. The zero-order chi connectivity index (χ0) is 22.9. The molecule has 32 heavy (non-hydrogen) atoms. The largest absolute Gasteiger partial charge is 0.496 e. The molecule has 6 nitrogen and oxygen atoms in total. The SMILES string of the molecule is CCCCCCCCc1ccc(OC)c(-c2nc3sc(CC(=O)OCC)cn3c2C=O)c1. The molecule has 0 N–H and O–H groups in total. The van der Waals surface area contributed by atoms with Crippen LogP contribution >= 0.6 is 11.3 Å². The van der Waals surface area contributed by atoms with Crippen molar-refractivity contribution in [2.24, 2.45) is 0 Å². The number of aldehydes is 1. The fourth-order valence-electron chi connectivity index (χ4n) is 3.86. The lowest BCUT2D eigenvalue weighted by molar-refractivity contribution is -0.142. The van der Waals surface area contributed by atoms with Gasteiger partial charge in [0.2, 0.25) is 0 Å². The van der Waals surface area contributed by atoms with Gasteiger partial charge in [0.25, 0.3) is 0 Å². The van der Waals surface area contributed by atoms with Gasteiger partial charge in [0.1, 0.15) is 17.1 Å². The number of unbranched alkanes of at least 4 members (excludes halogenated alkanes) is 5. The van der Waals surface area contributed by atoms with Crippen molar-refractivity contribution in [3.05, 3.63) is 40.5 Å². The monoisotopic (exact) mass is 456 g/mol. The van der Waals surface area contributed by atoms with Crippen molar-refractivity contribution >= 4 is 28.6 Å². The molecule has 0 radical (unpaired) electrons. The number of nitrogens with zero attached hydrogens (tertiary/aromatic N) is 2. The van der Waals surface area contributed by atoms with Gasteiger partial charge in [-0.25, -0.2) is 4.98 Å². The number of fused-ring (bicyclic) bond motifs is 1. The van der Waals surface area contributed by atoms with E-state index in [4.69, 9.17) is 14.5 Å². The molecule has 0 saturated carbocycles. The Kier molecular flexibility index (Phi) is 8.85. The van der Waals surface area contributed by atoms with Crippen LogP contribution in [0.1, 0.15) is 73.3 Å². The zero-order valence-corrected chi connectivity index (χ0v) is 20.0. The summed E-state index contributed by atoms with van der Waals surface area (Å²) in [5.41, 5.74) is 3.10. The Morgan fingerprint density at radius 1 is 1.16 bits per heavy atom.